The SMILES string of the molecule is CC1(C)OC[C@H]([C@H]2Sc3ccccc3NC(=O)[C@H]2CCCO)O1. The molecule has 1 fully saturated rings. The summed E-state index contributed by atoms with van der Waals surface area (Å²) in [6.07, 6.45) is 1.09. The highest BCUT2D eigenvalue weighted by molar-refractivity contribution is 8.00. The van der Waals surface area contributed by atoms with Gasteiger partial charge in [0.15, 0.2) is 5.79 Å². The summed E-state index contributed by atoms with van der Waals surface area (Å²) in [5.74, 6) is -0.842. The van der Waals surface area contributed by atoms with Crippen LogP contribution in [0, 0.1) is 5.92 Å². The first-order chi connectivity index (χ1) is 11.0. The van der Waals surface area contributed by atoms with Crippen molar-refractivity contribution in [2.45, 2.75) is 48.7 Å². The van der Waals surface area contributed by atoms with Crippen molar-refractivity contribution in [1.82, 2.24) is 0 Å². The van der Waals surface area contributed by atoms with E-state index in [2.05, 4.69) is 5.32 Å². The maximum Gasteiger partial charge on any atom is 0.228 e. The summed E-state index contributed by atoms with van der Waals surface area (Å²) in [7, 11) is 0. The van der Waals surface area contributed by atoms with Crippen LogP contribution in [0.5, 0.6) is 0 Å². The number of aliphatic hydroxyl groups excluding tert-OH is 1. The van der Waals surface area contributed by atoms with E-state index in [1.165, 1.54) is 0 Å². The van der Waals surface area contributed by atoms with Gasteiger partial charge < -0.3 is 19.9 Å². The van der Waals surface area contributed by atoms with Gasteiger partial charge in [-0.2, -0.15) is 0 Å². The monoisotopic (exact) mass is 337 g/mol. The van der Waals surface area contributed by atoms with Gasteiger partial charge >= 0.3 is 0 Å². The molecule has 2 heterocycles. The maximum atomic E-state index is 12.7. The Morgan fingerprint density at radius 2 is 2.17 bits per heavy atom. The number of benzene rings is 1. The second-order valence-corrected chi connectivity index (χ2v) is 7.63. The van der Waals surface area contributed by atoms with Crippen molar-refractivity contribution in [3.63, 3.8) is 0 Å². The fraction of sp³-hybridized carbons (Fsp3) is 0.588. The minimum Gasteiger partial charge on any atom is -0.396 e. The first kappa shape index (κ1) is 16.8. The van der Waals surface area contributed by atoms with Crippen molar-refractivity contribution < 1.29 is 19.4 Å². The molecule has 3 atom stereocenters. The fourth-order valence-corrected chi connectivity index (χ4v) is 4.50. The van der Waals surface area contributed by atoms with E-state index in [0.29, 0.717) is 19.4 Å². The number of amides is 1. The van der Waals surface area contributed by atoms with Crippen LogP contribution in [-0.2, 0) is 14.3 Å². The number of fused-ring (bicyclic) bond motifs is 1. The first-order valence-electron chi connectivity index (χ1n) is 7.99. The van der Waals surface area contributed by atoms with Gasteiger partial charge in [-0.25, -0.2) is 0 Å². The molecule has 126 valence electrons. The van der Waals surface area contributed by atoms with E-state index < -0.39 is 5.79 Å². The summed E-state index contributed by atoms with van der Waals surface area (Å²) < 4.78 is 11.7. The molecule has 0 radical (unpaired) electrons. The smallest absolute Gasteiger partial charge is 0.228 e. The lowest BCUT2D eigenvalue weighted by Crippen LogP contribution is -2.39. The standard InChI is InChI=1S/C17H23NO4S/c1-17(2)21-10-13(22-17)15-11(6-5-9-19)16(20)18-12-7-3-4-8-14(12)23-15/h3-4,7-8,11,13,15,19H,5-6,9-10H2,1-2H3,(H,18,20)/t11-,13+,15-/m0/s1. The Balaban J connectivity index is 1.89. The summed E-state index contributed by atoms with van der Waals surface area (Å²) in [6, 6.07) is 7.82. The van der Waals surface area contributed by atoms with E-state index >= 15 is 0 Å². The van der Waals surface area contributed by atoms with Crippen LogP contribution in [-0.4, -0.2) is 41.4 Å². The zero-order valence-corrected chi connectivity index (χ0v) is 14.3. The normalized spacial score (nSPS) is 29.7. The summed E-state index contributed by atoms with van der Waals surface area (Å²) in [6.45, 7) is 4.35. The van der Waals surface area contributed by atoms with Crippen LogP contribution in [0.25, 0.3) is 0 Å². The maximum absolute atomic E-state index is 12.7. The number of thioether (sulfide) groups is 1. The molecule has 5 nitrogen and oxygen atoms in total. The Morgan fingerprint density at radius 3 is 2.87 bits per heavy atom. The molecule has 1 amide bonds. The molecule has 1 saturated heterocycles. The van der Waals surface area contributed by atoms with E-state index in [1.807, 2.05) is 38.1 Å². The molecule has 6 heteroatoms. The topological polar surface area (TPSA) is 67.8 Å². The van der Waals surface area contributed by atoms with Crippen LogP contribution in [0.1, 0.15) is 26.7 Å². The first-order valence-corrected chi connectivity index (χ1v) is 8.87. The van der Waals surface area contributed by atoms with Gasteiger partial charge in [0, 0.05) is 16.8 Å². The van der Waals surface area contributed by atoms with Crippen molar-refractivity contribution in [1.29, 1.82) is 0 Å². The number of aliphatic hydroxyl groups is 1. The summed E-state index contributed by atoms with van der Waals surface area (Å²) in [5, 5.41) is 12.1. The zero-order valence-electron chi connectivity index (χ0n) is 13.5. The van der Waals surface area contributed by atoms with Crippen LogP contribution in [0.4, 0.5) is 5.69 Å². The molecule has 0 bridgehead atoms. The van der Waals surface area contributed by atoms with E-state index in [0.717, 1.165) is 10.6 Å². The Bertz CT molecular complexity index is 577. The van der Waals surface area contributed by atoms with Crippen molar-refractivity contribution in [2.75, 3.05) is 18.5 Å². The van der Waals surface area contributed by atoms with Gasteiger partial charge in [-0.15, -0.1) is 11.8 Å². The molecule has 0 aliphatic carbocycles. The van der Waals surface area contributed by atoms with Crippen molar-refractivity contribution in [3.05, 3.63) is 24.3 Å². The van der Waals surface area contributed by atoms with E-state index in [4.69, 9.17) is 14.6 Å². The minimum absolute atomic E-state index is 0.00536. The molecule has 0 spiro atoms. The molecule has 1 aromatic rings. The number of carbonyl (C=O) groups excluding carboxylic acids is 1. The Kier molecular flexibility index (Phi) is 4.96. The third-order valence-corrected chi connectivity index (χ3v) is 5.73. The third kappa shape index (κ3) is 3.71. The molecule has 2 aliphatic heterocycles. The van der Waals surface area contributed by atoms with Crippen LogP contribution < -0.4 is 5.32 Å². The summed E-state index contributed by atoms with van der Waals surface area (Å²) in [4.78, 5) is 13.8. The third-order valence-electron chi connectivity index (χ3n) is 4.21. The zero-order chi connectivity index (χ0) is 16.4. The van der Waals surface area contributed by atoms with Crippen molar-refractivity contribution >= 4 is 23.4 Å². The van der Waals surface area contributed by atoms with Gasteiger partial charge in [0.2, 0.25) is 5.91 Å². The lowest BCUT2D eigenvalue weighted by atomic mass is 9.94. The number of hydrogen-bond donors (Lipinski definition) is 2. The number of hydrogen-bond acceptors (Lipinski definition) is 5. The van der Waals surface area contributed by atoms with Gasteiger partial charge in [0.25, 0.3) is 0 Å². The molecule has 2 N–H and O–H groups in total. The Morgan fingerprint density at radius 1 is 1.39 bits per heavy atom. The van der Waals surface area contributed by atoms with Gasteiger partial charge in [0.05, 0.1) is 24.3 Å². The van der Waals surface area contributed by atoms with Crippen LogP contribution in [0.15, 0.2) is 29.2 Å². The largest absolute Gasteiger partial charge is 0.396 e. The fourth-order valence-electron chi connectivity index (χ4n) is 3.09. The summed E-state index contributed by atoms with van der Waals surface area (Å²) >= 11 is 1.67. The Labute approximate surface area is 140 Å². The number of ether oxygens (including phenoxy) is 2. The van der Waals surface area contributed by atoms with Gasteiger partial charge in [-0.3, -0.25) is 4.79 Å². The molecule has 0 aromatic heterocycles. The Hall–Kier alpha value is -1.08. The predicted molar refractivity (Wildman–Crippen MR) is 89.4 cm³/mol. The number of para-hydroxylation sites is 1. The number of anilines is 1. The molecule has 2 aliphatic rings. The van der Waals surface area contributed by atoms with Crippen molar-refractivity contribution in [2.24, 2.45) is 5.92 Å². The molecule has 23 heavy (non-hydrogen) atoms. The number of nitrogens with one attached hydrogen (secondary N) is 1. The predicted octanol–water partition coefficient (Wildman–Crippen LogP) is 2.64. The summed E-state index contributed by atoms with van der Waals surface area (Å²) in [5.41, 5.74) is 0.845. The molecule has 0 saturated carbocycles. The lowest BCUT2D eigenvalue weighted by molar-refractivity contribution is -0.141. The van der Waals surface area contributed by atoms with E-state index in [-0.39, 0.29) is 29.8 Å². The van der Waals surface area contributed by atoms with Crippen LogP contribution in [0.2, 0.25) is 0 Å². The lowest BCUT2D eigenvalue weighted by Gasteiger charge is -2.28. The average Bonchev–Trinajstić information content (AvgIpc) is 2.80. The second-order valence-electron chi connectivity index (χ2n) is 6.41. The molecular formula is C17H23NO4S. The molecule has 3 rings (SSSR count). The highest BCUT2D eigenvalue weighted by Crippen LogP contribution is 2.43. The number of rotatable bonds is 4. The van der Waals surface area contributed by atoms with E-state index in [1.54, 1.807) is 11.8 Å². The highest BCUT2D eigenvalue weighted by Gasteiger charge is 2.44. The minimum atomic E-state index is -0.616. The van der Waals surface area contributed by atoms with Gasteiger partial charge in [0.1, 0.15) is 0 Å². The van der Waals surface area contributed by atoms with E-state index in [9.17, 15) is 4.79 Å². The molecule has 0 unspecified atom stereocenters. The second kappa shape index (κ2) is 6.81. The quantitative estimate of drug-likeness (QED) is 0.884. The van der Waals surface area contributed by atoms with Crippen molar-refractivity contribution in [3.8, 4) is 0 Å². The van der Waals surface area contributed by atoms with Crippen LogP contribution in [0.3, 0.4) is 0 Å². The highest BCUT2D eigenvalue weighted by atomic mass is 32.2. The molecule has 1 aromatic carbocycles. The van der Waals surface area contributed by atoms with Gasteiger partial charge in [-0.05, 0) is 38.8 Å². The number of carbonyl (C=O) groups is 1. The van der Waals surface area contributed by atoms with Crippen LogP contribution >= 0.6 is 11.8 Å². The van der Waals surface area contributed by atoms with Gasteiger partial charge in [-0.1, -0.05) is 12.1 Å². The average molecular weight is 337 g/mol. The molecular weight excluding hydrogens is 314 g/mol.